The van der Waals surface area contributed by atoms with Gasteiger partial charge in [0.2, 0.25) is 0 Å². The average molecular weight is 230 g/mol. The first-order chi connectivity index (χ1) is 8.18. The molecule has 0 radical (unpaired) electrons. The van der Waals surface area contributed by atoms with Gasteiger partial charge < -0.3 is 5.32 Å². The molecule has 4 nitrogen and oxygen atoms in total. The summed E-state index contributed by atoms with van der Waals surface area (Å²) in [4.78, 5) is 4.02. The lowest BCUT2D eigenvalue weighted by Crippen LogP contribution is -2.18. The quantitative estimate of drug-likeness (QED) is 0.847. The summed E-state index contributed by atoms with van der Waals surface area (Å²) >= 11 is 0. The van der Waals surface area contributed by atoms with Crippen LogP contribution in [0.15, 0.2) is 24.5 Å². The van der Waals surface area contributed by atoms with Crippen LogP contribution in [-0.4, -0.2) is 15.2 Å². The Morgan fingerprint density at radius 2 is 2.00 bits per heavy atom. The molecule has 0 aliphatic rings. The van der Waals surface area contributed by atoms with Crippen molar-refractivity contribution < 1.29 is 0 Å². The Kier molecular flexibility index (Phi) is 3.54. The molecule has 2 aromatic heterocycles. The van der Waals surface area contributed by atoms with E-state index >= 15 is 0 Å². The van der Waals surface area contributed by atoms with Gasteiger partial charge in [0.15, 0.2) is 0 Å². The molecule has 0 amide bonds. The van der Waals surface area contributed by atoms with Gasteiger partial charge in [0, 0.05) is 36.2 Å². The molecule has 0 fully saturated rings. The van der Waals surface area contributed by atoms with Crippen molar-refractivity contribution in [2.24, 2.45) is 0 Å². The van der Waals surface area contributed by atoms with E-state index in [-0.39, 0.29) is 0 Å². The van der Waals surface area contributed by atoms with Gasteiger partial charge in [0.05, 0.1) is 5.69 Å². The number of nitrogens with zero attached hydrogens (tertiary/aromatic N) is 2. The van der Waals surface area contributed by atoms with E-state index in [0.29, 0.717) is 6.04 Å². The fraction of sp³-hybridized carbons (Fsp3) is 0.385. The fourth-order valence-corrected chi connectivity index (χ4v) is 1.86. The molecule has 0 unspecified atom stereocenters. The van der Waals surface area contributed by atoms with Gasteiger partial charge in [-0.05, 0) is 38.5 Å². The van der Waals surface area contributed by atoms with Crippen molar-refractivity contribution in [2.75, 3.05) is 0 Å². The maximum Gasteiger partial charge on any atom is 0.0638 e. The van der Waals surface area contributed by atoms with E-state index in [4.69, 9.17) is 0 Å². The topological polar surface area (TPSA) is 53.6 Å². The van der Waals surface area contributed by atoms with Gasteiger partial charge in [-0.25, -0.2) is 0 Å². The summed E-state index contributed by atoms with van der Waals surface area (Å²) in [5.74, 6) is 0. The molecule has 0 saturated carbocycles. The summed E-state index contributed by atoms with van der Waals surface area (Å²) in [7, 11) is 0. The third-order valence-electron chi connectivity index (χ3n) is 3.07. The first kappa shape index (κ1) is 11.8. The second-order valence-corrected chi connectivity index (χ2v) is 4.30. The van der Waals surface area contributed by atoms with Crippen molar-refractivity contribution in [3.8, 4) is 0 Å². The van der Waals surface area contributed by atoms with Gasteiger partial charge in [0.25, 0.3) is 0 Å². The van der Waals surface area contributed by atoms with Crippen LogP contribution in [0.25, 0.3) is 0 Å². The minimum atomic E-state index is 0.312. The van der Waals surface area contributed by atoms with Crippen LogP contribution in [0.4, 0.5) is 0 Å². The lowest BCUT2D eigenvalue weighted by molar-refractivity contribution is 0.571. The summed E-state index contributed by atoms with van der Waals surface area (Å²) < 4.78 is 0. The molecule has 90 valence electrons. The summed E-state index contributed by atoms with van der Waals surface area (Å²) in [6.45, 7) is 7.06. The maximum atomic E-state index is 4.19. The van der Waals surface area contributed by atoms with E-state index in [1.165, 1.54) is 11.1 Å². The molecule has 17 heavy (non-hydrogen) atoms. The van der Waals surface area contributed by atoms with Gasteiger partial charge in [-0.1, -0.05) is 0 Å². The molecule has 0 aliphatic carbocycles. The highest BCUT2D eigenvalue weighted by Crippen LogP contribution is 2.14. The second-order valence-electron chi connectivity index (χ2n) is 4.30. The molecule has 0 spiro atoms. The highest BCUT2D eigenvalue weighted by Gasteiger charge is 2.09. The molecule has 2 rings (SSSR count). The monoisotopic (exact) mass is 230 g/mol. The zero-order valence-electron chi connectivity index (χ0n) is 10.5. The smallest absolute Gasteiger partial charge is 0.0638 e. The number of H-pyrrole nitrogens is 1. The number of nitrogens with one attached hydrogen (secondary N) is 2. The normalized spacial score (nSPS) is 12.6. The Bertz CT molecular complexity index is 456. The molecule has 2 aromatic rings. The molecule has 1 atom stereocenters. The molecule has 4 heteroatoms. The molecule has 0 saturated heterocycles. The van der Waals surface area contributed by atoms with Crippen LogP contribution < -0.4 is 5.32 Å². The third-order valence-corrected chi connectivity index (χ3v) is 3.07. The Morgan fingerprint density at radius 1 is 1.29 bits per heavy atom. The lowest BCUT2D eigenvalue weighted by Gasteiger charge is -2.14. The van der Waals surface area contributed by atoms with Crippen LogP contribution in [0.5, 0.6) is 0 Å². The summed E-state index contributed by atoms with van der Waals surface area (Å²) in [5.41, 5.74) is 4.71. The van der Waals surface area contributed by atoms with Crippen molar-refractivity contribution in [3.05, 3.63) is 47.0 Å². The number of aryl methyl sites for hydroxylation is 2. The average Bonchev–Trinajstić information content (AvgIpc) is 2.67. The first-order valence-corrected chi connectivity index (χ1v) is 5.82. The summed E-state index contributed by atoms with van der Waals surface area (Å²) in [6.07, 6.45) is 3.64. The van der Waals surface area contributed by atoms with Crippen molar-refractivity contribution in [1.82, 2.24) is 20.5 Å². The lowest BCUT2D eigenvalue weighted by atomic mass is 10.1. The largest absolute Gasteiger partial charge is 0.306 e. The number of pyridine rings is 1. The van der Waals surface area contributed by atoms with Crippen LogP contribution in [-0.2, 0) is 6.54 Å². The van der Waals surface area contributed by atoms with Crippen molar-refractivity contribution >= 4 is 0 Å². The van der Waals surface area contributed by atoms with Crippen molar-refractivity contribution in [1.29, 1.82) is 0 Å². The molecule has 0 aliphatic heterocycles. The first-order valence-electron chi connectivity index (χ1n) is 5.82. The molecular formula is C13H18N4. The number of hydrogen-bond acceptors (Lipinski definition) is 3. The third kappa shape index (κ3) is 2.71. The van der Waals surface area contributed by atoms with E-state index in [1.54, 1.807) is 0 Å². The zero-order valence-corrected chi connectivity index (χ0v) is 10.5. The number of hydrogen-bond donors (Lipinski definition) is 2. The number of aromatic nitrogens is 3. The predicted molar refractivity (Wildman–Crippen MR) is 67.6 cm³/mol. The Morgan fingerprint density at radius 3 is 2.59 bits per heavy atom. The Labute approximate surface area is 101 Å². The standard InChI is InChI=1S/C13H18N4/c1-9(12-4-6-14-7-5-12)15-8-13-10(2)16-17-11(13)3/h4-7,9,15H,8H2,1-3H3,(H,16,17)/t9-/m1/s1. The van der Waals surface area contributed by atoms with Crippen molar-refractivity contribution in [3.63, 3.8) is 0 Å². The molecule has 2 N–H and O–H groups in total. The second kappa shape index (κ2) is 5.10. The van der Waals surface area contributed by atoms with Gasteiger partial charge >= 0.3 is 0 Å². The van der Waals surface area contributed by atoms with Gasteiger partial charge in [-0.3, -0.25) is 10.1 Å². The summed E-state index contributed by atoms with van der Waals surface area (Å²) in [5, 5.41) is 10.7. The van der Waals surface area contributed by atoms with Gasteiger partial charge in [-0.2, -0.15) is 5.10 Å². The SMILES string of the molecule is Cc1n[nH]c(C)c1CN[C@H](C)c1ccncc1. The fourth-order valence-electron chi connectivity index (χ4n) is 1.86. The minimum Gasteiger partial charge on any atom is -0.306 e. The Balaban J connectivity index is 1.99. The molecule has 2 heterocycles. The highest BCUT2D eigenvalue weighted by atomic mass is 15.1. The number of rotatable bonds is 4. The number of aromatic amines is 1. The predicted octanol–water partition coefficient (Wildman–Crippen LogP) is 2.27. The van der Waals surface area contributed by atoms with Crippen LogP contribution in [0.1, 0.15) is 35.5 Å². The zero-order chi connectivity index (χ0) is 12.3. The van der Waals surface area contributed by atoms with Crippen LogP contribution >= 0.6 is 0 Å². The van der Waals surface area contributed by atoms with E-state index < -0.39 is 0 Å². The van der Waals surface area contributed by atoms with Gasteiger partial charge in [-0.15, -0.1) is 0 Å². The minimum absolute atomic E-state index is 0.312. The molecular weight excluding hydrogens is 212 g/mol. The summed E-state index contributed by atoms with van der Waals surface area (Å²) in [6, 6.07) is 4.38. The van der Waals surface area contributed by atoms with E-state index in [9.17, 15) is 0 Å². The Hall–Kier alpha value is -1.68. The highest BCUT2D eigenvalue weighted by molar-refractivity contribution is 5.23. The molecule has 0 bridgehead atoms. The van der Waals surface area contributed by atoms with Crippen LogP contribution in [0.2, 0.25) is 0 Å². The van der Waals surface area contributed by atoms with E-state index in [2.05, 4.69) is 27.4 Å². The molecule has 0 aromatic carbocycles. The van der Waals surface area contributed by atoms with Crippen LogP contribution in [0.3, 0.4) is 0 Å². The van der Waals surface area contributed by atoms with E-state index in [1.807, 2.05) is 38.4 Å². The maximum absolute atomic E-state index is 4.19. The van der Waals surface area contributed by atoms with Gasteiger partial charge in [0.1, 0.15) is 0 Å². The van der Waals surface area contributed by atoms with E-state index in [0.717, 1.165) is 17.9 Å². The van der Waals surface area contributed by atoms with Crippen LogP contribution in [0, 0.1) is 13.8 Å². The van der Waals surface area contributed by atoms with Crippen molar-refractivity contribution in [2.45, 2.75) is 33.4 Å².